The largest absolute Gasteiger partial charge is 0.481 e. The SMILES string of the molecule is Cc1cccc(OC(C)C(=O)N2CCC(n3ncc(C(=O)O)c3C)CC2)c1. The average molecular weight is 371 g/mol. The Morgan fingerprint density at radius 1 is 1.26 bits per heavy atom. The van der Waals surface area contributed by atoms with Crippen molar-refractivity contribution in [3.8, 4) is 5.75 Å². The third kappa shape index (κ3) is 4.13. The van der Waals surface area contributed by atoms with Crippen LogP contribution in [0.1, 0.15) is 47.4 Å². The van der Waals surface area contributed by atoms with Crippen molar-refractivity contribution in [2.45, 2.75) is 45.8 Å². The van der Waals surface area contributed by atoms with Gasteiger partial charge in [0, 0.05) is 13.1 Å². The number of amides is 1. The van der Waals surface area contributed by atoms with Crippen molar-refractivity contribution in [1.82, 2.24) is 14.7 Å². The number of carboxylic acid groups (broad SMARTS) is 1. The number of carboxylic acids is 1. The quantitative estimate of drug-likeness (QED) is 0.874. The third-order valence-corrected chi connectivity index (χ3v) is 5.05. The van der Waals surface area contributed by atoms with Crippen LogP contribution in [0.25, 0.3) is 0 Å². The van der Waals surface area contributed by atoms with Gasteiger partial charge in [0.05, 0.1) is 17.9 Å². The molecule has 1 atom stereocenters. The van der Waals surface area contributed by atoms with Crippen molar-refractivity contribution in [2.75, 3.05) is 13.1 Å². The highest BCUT2D eigenvalue weighted by atomic mass is 16.5. The van der Waals surface area contributed by atoms with E-state index in [2.05, 4.69) is 5.10 Å². The summed E-state index contributed by atoms with van der Waals surface area (Å²) in [6, 6.07) is 7.76. The summed E-state index contributed by atoms with van der Waals surface area (Å²) in [5.41, 5.74) is 1.97. The molecule has 3 rings (SSSR count). The summed E-state index contributed by atoms with van der Waals surface area (Å²) >= 11 is 0. The highest BCUT2D eigenvalue weighted by Gasteiger charge is 2.29. The predicted molar refractivity (Wildman–Crippen MR) is 100 cm³/mol. The van der Waals surface area contributed by atoms with E-state index in [1.807, 2.05) is 36.1 Å². The molecule has 1 amide bonds. The number of rotatable bonds is 5. The smallest absolute Gasteiger partial charge is 0.339 e. The second-order valence-corrected chi connectivity index (χ2v) is 7.03. The van der Waals surface area contributed by atoms with E-state index in [1.54, 1.807) is 18.5 Å². The van der Waals surface area contributed by atoms with E-state index in [4.69, 9.17) is 4.74 Å². The number of piperidine rings is 1. The van der Waals surface area contributed by atoms with Crippen molar-refractivity contribution < 1.29 is 19.4 Å². The minimum absolute atomic E-state index is 0.0293. The Morgan fingerprint density at radius 3 is 2.56 bits per heavy atom. The number of carbonyl (C=O) groups is 2. The van der Waals surface area contributed by atoms with Crippen molar-refractivity contribution in [3.63, 3.8) is 0 Å². The lowest BCUT2D eigenvalue weighted by atomic mass is 10.0. The van der Waals surface area contributed by atoms with Gasteiger partial charge in [-0.2, -0.15) is 5.10 Å². The molecule has 1 aromatic carbocycles. The molecule has 0 radical (unpaired) electrons. The van der Waals surface area contributed by atoms with E-state index < -0.39 is 12.1 Å². The van der Waals surface area contributed by atoms with Crippen LogP contribution >= 0.6 is 0 Å². The molecule has 1 aliphatic rings. The van der Waals surface area contributed by atoms with Crippen molar-refractivity contribution in [3.05, 3.63) is 47.3 Å². The molecule has 1 saturated heterocycles. The first kappa shape index (κ1) is 18.9. The zero-order valence-electron chi connectivity index (χ0n) is 15.9. The zero-order chi connectivity index (χ0) is 19.6. The Kier molecular flexibility index (Phi) is 5.48. The number of hydrogen-bond donors (Lipinski definition) is 1. The minimum atomic E-state index is -0.964. The highest BCUT2D eigenvalue weighted by molar-refractivity contribution is 5.88. The fraction of sp³-hybridized carbons (Fsp3) is 0.450. The number of aromatic carboxylic acids is 1. The monoisotopic (exact) mass is 371 g/mol. The van der Waals surface area contributed by atoms with E-state index in [0.29, 0.717) is 24.5 Å². The van der Waals surface area contributed by atoms with Gasteiger partial charge in [0.2, 0.25) is 0 Å². The van der Waals surface area contributed by atoms with Gasteiger partial charge in [0.15, 0.2) is 6.10 Å². The predicted octanol–water partition coefficient (Wildman–Crippen LogP) is 2.83. The van der Waals surface area contributed by atoms with E-state index >= 15 is 0 Å². The molecule has 7 nitrogen and oxygen atoms in total. The lowest BCUT2D eigenvalue weighted by Crippen LogP contribution is -2.45. The highest BCUT2D eigenvalue weighted by Crippen LogP contribution is 2.25. The molecule has 1 aliphatic heterocycles. The molecule has 1 N–H and O–H groups in total. The summed E-state index contributed by atoms with van der Waals surface area (Å²) in [6.45, 7) is 6.73. The topological polar surface area (TPSA) is 84.7 Å². The number of nitrogens with zero attached hydrogens (tertiary/aromatic N) is 3. The molecule has 27 heavy (non-hydrogen) atoms. The summed E-state index contributed by atoms with van der Waals surface area (Å²) in [7, 11) is 0. The molecular weight excluding hydrogens is 346 g/mol. The minimum Gasteiger partial charge on any atom is -0.481 e. The molecule has 0 aliphatic carbocycles. The molecule has 2 heterocycles. The maximum Gasteiger partial charge on any atom is 0.339 e. The van der Waals surface area contributed by atoms with Gasteiger partial charge >= 0.3 is 5.97 Å². The average Bonchev–Trinajstić information content (AvgIpc) is 3.03. The van der Waals surface area contributed by atoms with Crippen LogP contribution in [0.5, 0.6) is 5.75 Å². The zero-order valence-corrected chi connectivity index (χ0v) is 15.9. The standard InChI is InChI=1S/C20H25N3O4/c1-13-5-4-6-17(11-13)27-15(3)19(24)22-9-7-16(8-10-22)23-14(2)18(12-21-23)20(25)26/h4-6,11-12,15-16H,7-10H2,1-3H3,(H,25,26). The number of benzene rings is 1. The maximum absolute atomic E-state index is 12.7. The number of ether oxygens (including phenoxy) is 1. The van der Waals surface area contributed by atoms with E-state index in [9.17, 15) is 14.7 Å². The number of carbonyl (C=O) groups excluding carboxylic acids is 1. The van der Waals surface area contributed by atoms with Crippen LogP contribution in [0.4, 0.5) is 0 Å². The van der Waals surface area contributed by atoms with E-state index in [1.165, 1.54) is 6.20 Å². The Hall–Kier alpha value is -2.83. The van der Waals surface area contributed by atoms with Gasteiger partial charge in [0.25, 0.3) is 5.91 Å². The van der Waals surface area contributed by atoms with Crippen molar-refractivity contribution in [2.24, 2.45) is 0 Å². The summed E-state index contributed by atoms with van der Waals surface area (Å²) < 4.78 is 7.57. The van der Waals surface area contributed by atoms with Gasteiger partial charge in [-0.1, -0.05) is 12.1 Å². The second-order valence-electron chi connectivity index (χ2n) is 7.03. The lowest BCUT2D eigenvalue weighted by Gasteiger charge is -2.34. The van der Waals surface area contributed by atoms with Crippen LogP contribution in [-0.4, -0.2) is 50.9 Å². The normalized spacial score (nSPS) is 16.2. The van der Waals surface area contributed by atoms with Crippen molar-refractivity contribution >= 4 is 11.9 Å². The van der Waals surface area contributed by atoms with Crippen LogP contribution in [0.2, 0.25) is 0 Å². The molecule has 1 aromatic heterocycles. The van der Waals surface area contributed by atoms with Crippen LogP contribution in [-0.2, 0) is 4.79 Å². The number of aryl methyl sites for hydroxylation is 1. The van der Waals surface area contributed by atoms with Gasteiger partial charge in [-0.25, -0.2) is 4.79 Å². The first-order valence-corrected chi connectivity index (χ1v) is 9.16. The van der Waals surface area contributed by atoms with Gasteiger partial charge in [-0.05, 0) is 51.3 Å². The van der Waals surface area contributed by atoms with Crippen LogP contribution < -0.4 is 4.74 Å². The number of hydrogen-bond acceptors (Lipinski definition) is 4. The Morgan fingerprint density at radius 2 is 1.96 bits per heavy atom. The molecular formula is C20H25N3O4. The lowest BCUT2D eigenvalue weighted by molar-refractivity contribution is -0.139. The summed E-state index contributed by atoms with van der Waals surface area (Å²) in [4.78, 5) is 25.7. The summed E-state index contributed by atoms with van der Waals surface area (Å²) in [5.74, 6) is -0.300. The summed E-state index contributed by atoms with van der Waals surface area (Å²) in [5, 5.41) is 13.4. The second kappa shape index (κ2) is 7.82. The molecule has 0 spiro atoms. The van der Waals surface area contributed by atoms with E-state index in [-0.39, 0.29) is 17.5 Å². The van der Waals surface area contributed by atoms with Crippen LogP contribution in [0.15, 0.2) is 30.5 Å². The van der Waals surface area contributed by atoms with Crippen LogP contribution in [0, 0.1) is 13.8 Å². The van der Waals surface area contributed by atoms with Crippen LogP contribution in [0.3, 0.4) is 0 Å². The van der Waals surface area contributed by atoms with Gasteiger partial charge < -0.3 is 14.7 Å². The fourth-order valence-electron chi connectivity index (χ4n) is 3.53. The molecule has 144 valence electrons. The molecule has 7 heteroatoms. The first-order chi connectivity index (χ1) is 12.9. The summed E-state index contributed by atoms with van der Waals surface area (Å²) in [6.07, 6.45) is 2.33. The molecule has 1 fully saturated rings. The Labute approximate surface area is 158 Å². The molecule has 2 aromatic rings. The maximum atomic E-state index is 12.7. The molecule has 1 unspecified atom stereocenters. The van der Waals surface area contributed by atoms with E-state index in [0.717, 1.165) is 18.4 Å². The van der Waals surface area contributed by atoms with Crippen molar-refractivity contribution in [1.29, 1.82) is 0 Å². The molecule has 0 bridgehead atoms. The molecule has 0 saturated carbocycles. The van der Waals surface area contributed by atoms with Gasteiger partial charge in [-0.3, -0.25) is 9.48 Å². The Balaban J connectivity index is 1.58. The Bertz CT molecular complexity index is 838. The van der Waals surface area contributed by atoms with Gasteiger partial charge in [0.1, 0.15) is 11.3 Å². The fourth-order valence-corrected chi connectivity index (χ4v) is 3.53. The number of likely N-dealkylation sites (tertiary alicyclic amines) is 1. The number of aromatic nitrogens is 2. The third-order valence-electron chi connectivity index (χ3n) is 5.05. The van der Waals surface area contributed by atoms with Gasteiger partial charge in [-0.15, -0.1) is 0 Å². The first-order valence-electron chi connectivity index (χ1n) is 9.16.